The molecule has 6 heteroatoms. The number of nitrogens with one attached hydrogen (secondary N) is 3. The molecule has 0 saturated heterocycles. The van der Waals surface area contributed by atoms with E-state index in [1.807, 2.05) is 19.9 Å². The van der Waals surface area contributed by atoms with Gasteiger partial charge in [0.25, 0.3) is 0 Å². The first-order valence-electron chi connectivity index (χ1n) is 7.25. The molecule has 2 rings (SSSR count). The lowest BCUT2D eigenvalue weighted by atomic mass is 10.3. The highest BCUT2D eigenvalue weighted by Gasteiger charge is 2.25. The van der Waals surface area contributed by atoms with Gasteiger partial charge in [-0.15, -0.1) is 0 Å². The fourth-order valence-corrected chi connectivity index (χ4v) is 1.83. The predicted octanol–water partition coefficient (Wildman–Crippen LogP) is 1.69. The molecule has 6 nitrogen and oxygen atoms in total. The smallest absolute Gasteiger partial charge is 0.242 e. The summed E-state index contributed by atoms with van der Waals surface area (Å²) in [6.07, 6.45) is 3.22. The van der Waals surface area contributed by atoms with E-state index < -0.39 is 0 Å². The molecule has 1 fully saturated rings. The quantitative estimate of drug-likeness (QED) is 0.707. The zero-order chi connectivity index (χ0) is 14.5. The van der Waals surface area contributed by atoms with E-state index in [1.165, 1.54) is 0 Å². The number of rotatable bonds is 7. The van der Waals surface area contributed by atoms with Gasteiger partial charge in [-0.3, -0.25) is 4.79 Å². The molecule has 1 atom stereocenters. The standard InChI is InChI=1S/C14H23N5O/c1-4-7-15-12-8-13(18-10(3)17-12)16-9(2)14(20)19-11-5-6-11/h8-9,11H,4-7H2,1-3H3,(H,19,20)(H2,15,16,17,18). The van der Waals surface area contributed by atoms with Crippen LogP contribution in [0.15, 0.2) is 6.07 Å². The highest BCUT2D eigenvalue weighted by Crippen LogP contribution is 2.19. The lowest BCUT2D eigenvalue weighted by Gasteiger charge is -2.15. The zero-order valence-corrected chi connectivity index (χ0v) is 12.4. The summed E-state index contributed by atoms with van der Waals surface area (Å²) < 4.78 is 0. The Balaban J connectivity index is 1.96. The maximum Gasteiger partial charge on any atom is 0.242 e. The van der Waals surface area contributed by atoms with Gasteiger partial charge in [-0.2, -0.15) is 0 Å². The molecule has 1 amide bonds. The van der Waals surface area contributed by atoms with Crippen molar-refractivity contribution in [1.29, 1.82) is 0 Å². The molecule has 1 heterocycles. The molecule has 0 aromatic carbocycles. The third kappa shape index (κ3) is 4.36. The molecule has 0 radical (unpaired) electrons. The molecular formula is C14H23N5O. The first kappa shape index (κ1) is 14.6. The molecule has 1 unspecified atom stereocenters. The topological polar surface area (TPSA) is 78.9 Å². The second-order valence-electron chi connectivity index (χ2n) is 5.26. The van der Waals surface area contributed by atoms with E-state index in [0.29, 0.717) is 17.7 Å². The van der Waals surface area contributed by atoms with Crippen LogP contribution in [0.5, 0.6) is 0 Å². The van der Waals surface area contributed by atoms with Gasteiger partial charge in [0.15, 0.2) is 0 Å². The Morgan fingerprint density at radius 3 is 2.75 bits per heavy atom. The van der Waals surface area contributed by atoms with Crippen molar-refractivity contribution in [2.45, 2.75) is 52.1 Å². The third-order valence-electron chi connectivity index (χ3n) is 3.08. The van der Waals surface area contributed by atoms with Crippen molar-refractivity contribution in [2.24, 2.45) is 0 Å². The second-order valence-corrected chi connectivity index (χ2v) is 5.26. The minimum atomic E-state index is -0.302. The summed E-state index contributed by atoms with van der Waals surface area (Å²) in [5.74, 6) is 2.17. The summed E-state index contributed by atoms with van der Waals surface area (Å²) in [4.78, 5) is 20.5. The van der Waals surface area contributed by atoms with Gasteiger partial charge in [0.1, 0.15) is 23.5 Å². The van der Waals surface area contributed by atoms with Crippen molar-refractivity contribution in [3.63, 3.8) is 0 Å². The SMILES string of the molecule is CCCNc1cc(NC(C)C(=O)NC2CC2)nc(C)n1. The predicted molar refractivity (Wildman–Crippen MR) is 79.8 cm³/mol. The van der Waals surface area contributed by atoms with Gasteiger partial charge in [-0.25, -0.2) is 9.97 Å². The lowest BCUT2D eigenvalue weighted by Crippen LogP contribution is -2.38. The van der Waals surface area contributed by atoms with Gasteiger partial charge >= 0.3 is 0 Å². The van der Waals surface area contributed by atoms with Crippen LogP contribution in [-0.2, 0) is 4.79 Å². The van der Waals surface area contributed by atoms with Crippen molar-refractivity contribution in [2.75, 3.05) is 17.2 Å². The van der Waals surface area contributed by atoms with E-state index >= 15 is 0 Å². The van der Waals surface area contributed by atoms with Crippen LogP contribution >= 0.6 is 0 Å². The minimum Gasteiger partial charge on any atom is -0.370 e. The summed E-state index contributed by atoms with van der Waals surface area (Å²) in [5.41, 5.74) is 0. The first-order valence-corrected chi connectivity index (χ1v) is 7.25. The van der Waals surface area contributed by atoms with Gasteiger partial charge in [-0.05, 0) is 33.1 Å². The monoisotopic (exact) mass is 277 g/mol. The van der Waals surface area contributed by atoms with E-state index in [4.69, 9.17) is 0 Å². The Morgan fingerprint density at radius 1 is 1.40 bits per heavy atom. The Bertz CT molecular complexity index is 473. The van der Waals surface area contributed by atoms with Crippen LogP contribution in [0.1, 0.15) is 38.9 Å². The number of aryl methyl sites for hydroxylation is 1. The molecule has 0 spiro atoms. The Labute approximate surface area is 119 Å². The summed E-state index contributed by atoms with van der Waals surface area (Å²) in [6, 6.07) is 1.91. The van der Waals surface area contributed by atoms with Crippen LogP contribution in [0.3, 0.4) is 0 Å². The summed E-state index contributed by atoms with van der Waals surface area (Å²) in [7, 11) is 0. The van der Waals surface area contributed by atoms with Crippen molar-refractivity contribution < 1.29 is 4.79 Å². The third-order valence-corrected chi connectivity index (χ3v) is 3.08. The molecule has 0 bridgehead atoms. The number of hydrogen-bond donors (Lipinski definition) is 3. The molecule has 20 heavy (non-hydrogen) atoms. The van der Waals surface area contributed by atoms with Crippen molar-refractivity contribution in [1.82, 2.24) is 15.3 Å². The van der Waals surface area contributed by atoms with Crippen LogP contribution in [0.25, 0.3) is 0 Å². The average molecular weight is 277 g/mol. The highest BCUT2D eigenvalue weighted by atomic mass is 16.2. The largest absolute Gasteiger partial charge is 0.370 e. The maximum absolute atomic E-state index is 11.9. The molecule has 1 aromatic rings. The van der Waals surface area contributed by atoms with E-state index in [9.17, 15) is 4.79 Å². The van der Waals surface area contributed by atoms with Crippen molar-refractivity contribution >= 4 is 17.5 Å². The van der Waals surface area contributed by atoms with Crippen molar-refractivity contribution in [3.05, 3.63) is 11.9 Å². The van der Waals surface area contributed by atoms with E-state index in [0.717, 1.165) is 31.6 Å². The lowest BCUT2D eigenvalue weighted by molar-refractivity contribution is -0.121. The van der Waals surface area contributed by atoms with Crippen LogP contribution in [0, 0.1) is 6.92 Å². The summed E-state index contributed by atoms with van der Waals surface area (Å²) in [5, 5.41) is 9.33. The molecule has 110 valence electrons. The molecule has 1 saturated carbocycles. The number of carbonyl (C=O) groups is 1. The van der Waals surface area contributed by atoms with E-state index in [2.05, 4.69) is 32.8 Å². The number of amides is 1. The van der Waals surface area contributed by atoms with Gasteiger partial charge in [0.2, 0.25) is 5.91 Å². The number of carbonyl (C=O) groups excluding carboxylic acids is 1. The first-order chi connectivity index (χ1) is 9.58. The Hall–Kier alpha value is -1.85. The van der Waals surface area contributed by atoms with E-state index in [-0.39, 0.29) is 11.9 Å². The van der Waals surface area contributed by atoms with Gasteiger partial charge in [0, 0.05) is 18.7 Å². The molecule has 3 N–H and O–H groups in total. The summed E-state index contributed by atoms with van der Waals surface area (Å²) in [6.45, 7) is 6.66. The molecule has 0 aliphatic heterocycles. The van der Waals surface area contributed by atoms with Gasteiger partial charge < -0.3 is 16.0 Å². The van der Waals surface area contributed by atoms with Crippen LogP contribution < -0.4 is 16.0 Å². The number of aromatic nitrogens is 2. The van der Waals surface area contributed by atoms with Crippen LogP contribution in [-0.4, -0.2) is 34.5 Å². The second kappa shape index (κ2) is 6.54. The fraction of sp³-hybridized carbons (Fsp3) is 0.643. The maximum atomic E-state index is 11.9. The van der Waals surface area contributed by atoms with Crippen molar-refractivity contribution in [3.8, 4) is 0 Å². The van der Waals surface area contributed by atoms with Gasteiger partial charge in [0.05, 0.1) is 0 Å². The molecule has 1 aliphatic rings. The Kier molecular flexibility index (Phi) is 4.76. The highest BCUT2D eigenvalue weighted by molar-refractivity contribution is 5.84. The fourth-order valence-electron chi connectivity index (χ4n) is 1.83. The molecular weight excluding hydrogens is 254 g/mol. The van der Waals surface area contributed by atoms with Crippen LogP contribution in [0.4, 0.5) is 11.6 Å². The summed E-state index contributed by atoms with van der Waals surface area (Å²) >= 11 is 0. The van der Waals surface area contributed by atoms with Gasteiger partial charge in [-0.1, -0.05) is 6.92 Å². The molecule has 1 aliphatic carbocycles. The number of nitrogens with zero attached hydrogens (tertiary/aromatic N) is 2. The normalized spacial score (nSPS) is 15.6. The zero-order valence-electron chi connectivity index (χ0n) is 12.4. The van der Waals surface area contributed by atoms with Crippen LogP contribution in [0.2, 0.25) is 0 Å². The minimum absolute atomic E-state index is 0.0202. The number of anilines is 2. The Morgan fingerprint density at radius 2 is 2.10 bits per heavy atom. The average Bonchev–Trinajstić information content (AvgIpc) is 3.19. The molecule has 1 aromatic heterocycles. The van der Waals surface area contributed by atoms with E-state index in [1.54, 1.807) is 0 Å². The number of hydrogen-bond acceptors (Lipinski definition) is 5.